The Kier molecular flexibility index (Phi) is 4.91. The number of rotatable bonds is 6. The van der Waals surface area contributed by atoms with Gasteiger partial charge in [-0.3, -0.25) is 9.00 Å². The highest BCUT2D eigenvalue weighted by atomic mass is 32.2. The first-order valence-corrected chi connectivity index (χ1v) is 11.3. The molecule has 2 aliphatic rings. The Morgan fingerprint density at radius 1 is 1.03 bits per heavy atom. The zero-order chi connectivity index (χ0) is 21.6. The molecule has 0 spiro atoms. The minimum absolute atomic E-state index is 0.210. The zero-order valence-corrected chi connectivity index (χ0v) is 17.9. The van der Waals surface area contributed by atoms with E-state index in [4.69, 9.17) is 9.47 Å². The molecular weight excluding hydrogens is 412 g/mol. The van der Waals surface area contributed by atoms with Crippen molar-refractivity contribution < 1.29 is 23.0 Å². The van der Waals surface area contributed by atoms with Gasteiger partial charge in [-0.2, -0.15) is 0 Å². The molecule has 1 unspecified atom stereocenters. The lowest BCUT2D eigenvalue weighted by molar-refractivity contribution is -0.120. The molecule has 5 nitrogen and oxygen atoms in total. The lowest BCUT2D eigenvalue weighted by Gasteiger charge is -2.16. The maximum absolute atomic E-state index is 13.2. The Bertz CT molecular complexity index is 1210. The van der Waals surface area contributed by atoms with E-state index >= 15 is 0 Å². The van der Waals surface area contributed by atoms with Crippen molar-refractivity contribution in [2.45, 2.75) is 36.5 Å². The summed E-state index contributed by atoms with van der Waals surface area (Å²) in [5.74, 6) is 1.64. The van der Waals surface area contributed by atoms with Crippen LogP contribution in [-0.4, -0.2) is 21.3 Å². The number of hydrogen-bond acceptors (Lipinski definition) is 5. The lowest BCUT2D eigenvalue weighted by atomic mass is 9.87. The minimum atomic E-state index is -2.26. The van der Waals surface area contributed by atoms with Crippen LogP contribution in [0.4, 0.5) is 0 Å². The van der Waals surface area contributed by atoms with Gasteiger partial charge in [0.15, 0.2) is 11.5 Å². The second kappa shape index (κ2) is 7.62. The van der Waals surface area contributed by atoms with Crippen molar-refractivity contribution in [3.05, 3.63) is 77.4 Å². The molecule has 0 bridgehead atoms. The fourth-order valence-electron chi connectivity index (χ4n) is 4.33. The van der Waals surface area contributed by atoms with Crippen LogP contribution in [0.25, 0.3) is 11.1 Å². The van der Waals surface area contributed by atoms with Crippen molar-refractivity contribution in [2.75, 3.05) is 6.79 Å². The second-order valence-electron chi connectivity index (χ2n) is 8.16. The Morgan fingerprint density at radius 2 is 1.84 bits per heavy atom. The van der Waals surface area contributed by atoms with Crippen molar-refractivity contribution in [1.82, 2.24) is 0 Å². The van der Waals surface area contributed by atoms with Crippen LogP contribution in [0, 0.1) is 6.92 Å². The summed E-state index contributed by atoms with van der Waals surface area (Å²) in [6.07, 6.45) is 2.06. The maximum atomic E-state index is 13.2. The van der Waals surface area contributed by atoms with Crippen molar-refractivity contribution in [1.29, 1.82) is 0 Å². The number of aryl methyl sites for hydroxylation is 1. The summed E-state index contributed by atoms with van der Waals surface area (Å²) >= 11 is -2.26. The third-order valence-corrected chi connectivity index (χ3v) is 6.84. The van der Waals surface area contributed by atoms with Crippen LogP contribution in [0.15, 0.2) is 65.6 Å². The summed E-state index contributed by atoms with van der Waals surface area (Å²) in [5.41, 5.74) is 4.34. The summed E-state index contributed by atoms with van der Waals surface area (Å²) < 4.78 is 33.4. The van der Waals surface area contributed by atoms with E-state index in [9.17, 15) is 13.6 Å². The highest BCUT2D eigenvalue weighted by molar-refractivity contribution is 7.79. The molecule has 0 saturated heterocycles. The van der Waals surface area contributed by atoms with E-state index in [1.807, 2.05) is 49.4 Å². The van der Waals surface area contributed by atoms with E-state index in [2.05, 4.69) is 0 Å². The predicted molar refractivity (Wildman–Crippen MR) is 116 cm³/mol. The topological polar surface area (TPSA) is 75.7 Å². The molecule has 1 atom stereocenters. The van der Waals surface area contributed by atoms with Gasteiger partial charge >= 0.3 is 0 Å². The third kappa shape index (κ3) is 3.66. The molecule has 0 amide bonds. The summed E-state index contributed by atoms with van der Waals surface area (Å²) in [6.45, 7) is 2.20. The molecule has 5 rings (SSSR count). The Morgan fingerprint density at radius 3 is 2.58 bits per heavy atom. The number of carbonyl (C=O) groups excluding carboxylic acids is 1. The van der Waals surface area contributed by atoms with Gasteiger partial charge in [-0.15, -0.1) is 0 Å². The van der Waals surface area contributed by atoms with Gasteiger partial charge in [0.25, 0.3) is 0 Å². The van der Waals surface area contributed by atoms with E-state index in [0.717, 1.165) is 46.4 Å². The summed E-state index contributed by atoms with van der Waals surface area (Å²) in [6, 6.07) is 18.6. The van der Waals surface area contributed by atoms with Crippen LogP contribution in [0.5, 0.6) is 11.5 Å². The van der Waals surface area contributed by atoms with Crippen molar-refractivity contribution in [3.8, 4) is 22.6 Å². The molecule has 3 aromatic carbocycles. The maximum Gasteiger partial charge on any atom is 0.231 e. The molecule has 3 aromatic rings. The smallest absolute Gasteiger partial charge is 0.231 e. The number of ether oxygens (including phenoxy) is 2. The zero-order valence-electron chi connectivity index (χ0n) is 17.1. The van der Waals surface area contributed by atoms with Crippen LogP contribution in [0.1, 0.15) is 29.5 Å². The van der Waals surface area contributed by atoms with Gasteiger partial charge in [-0.1, -0.05) is 36.4 Å². The van der Waals surface area contributed by atoms with Crippen LogP contribution in [-0.2, 0) is 27.7 Å². The van der Waals surface area contributed by atoms with Crippen LogP contribution >= 0.6 is 0 Å². The number of ketones is 1. The van der Waals surface area contributed by atoms with Gasteiger partial charge in [0.1, 0.15) is 5.78 Å². The quantitative estimate of drug-likeness (QED) is 0.536. The molecule has 158 valence electrons. The molecule has 6 heteroatoms. The van der Waals surface area contributed by atoms with Gasteiger partial charge < -0.3 is 14.0 Å². The minimum Gasteiger partial charge on any atom is -0.768 e. The molecule has 1 aliphatic carbocycles. The SMILES string of the molecule is Cc1cc(CC(=O)C2(c3ccc4c(c3)OCO4)CC2)ccc1-c1cccc(S(=O)[O-])c1. The fraction of sp³-hybridized carbons (Fsp3) is 0.240. The average Bonchev–Trinajstić information content (AvgIpc) is 3.45. The summed E-state index contributed by atoms with van der Waals surface area (Å²) in [5, 5.41) is 0. The Balaban J connectivity index is 1.37. The van der Waals surface area contributed by atoms with Crippen molar-refractivity contribution in [3.63, 3.8) is 0 Å². The first kappa shape index (κ1) is 20.0. The first-order valence-electron chi connectivity index (χ1n) is 10.2. The van der Waals surface area contributed by atoms with Crippen LogP contribution in [0.2, 0.25) is 0 Å². The fourth-order valence-corrected chi connectivity index (χ4v) is 4.74. The number of Topliss-reactive ketones (excluding diaryl/α,β-unsaturated/α-hetero) is 1. The average molecular weight is 434 g/mol. The lowest BCUT2D eigenvalue weighted by Crippen LogP contribution is -2.22. The highest BCUT2D eigenvalue weighted by Gasteiger charge is 2.50. The first-order chi connectivity index (χ1) is 15.0. The van der Waals surface area contributed by atoms with Crippen molar-refractivity contribution >= 4 is 16.9 Å². The van der Waals surface area contributed by atoms with E-state index in [1.165, 1.54) is 0 Å². The Hall–Kier alpha value is -2.96. The molecule has 0 N–H and O–H groups in total. The molecule has 1 saturated carbocycles. The molecule has 31 heavy (non-hydrogen) atoms. The number of fused-ring (bicyclic) bond motifs is 1. The number of carbonyl (C=O) groups is 1. The monoisotopic (exact) mass is 433 g/mol. The van der Waals surface area contributed by atoms with Gasteiger partial charge in [0.2, 0.25) is 6.79 Å². The molecular formula is C25H21O5S-. The standard InChI is InChI=1S/C25H22O5S/c1-16-11-17(5-7-21(16)18-3-2-4-20(13-18)31(27)28)12-24(26)25(9-10-25)19-6-8-22-23(14-19)30-15-29-22/h2-8,11,13-14H,9-10,12,15H2,1H3,(H,27,28)/p-1. The van der Waals surface area contributed by atoms with Gasteiger partial charge in [0, 0.05) is 11.3 Å². The molecule has 1 heterocycles. The number of hydrogen-bond donors (Lipinski definition) is 0. The highest BCUT2D eigenvalue weighted by Crippen LogP contribution is 2.51. The van der Waals surface area contributed by atoms with Gasteiger partial charge in [-0.25, -0.2) is 0 Å². The van der Waals surface area contributed by atoms with Gasteiger partial charge in [-0.05, 0) is 82.9 Å². The van der Waals surface area contributed by atoms with E-state index in [1.54, 1.807) is 18.2 Å². The molecule has 0 aromatic heterocycles. The van der Waals surface area contributed by atoms with Crippen molar-refractivity contribution in [2.24, 2.45) is 0 Å². The molecule has 0 radical (unpaired) electrons. The summed E-state index contributed by atoms with van der Waals surface area (Å²) in [7, 11) is 0. The van der Waals surface area contributed by atoms with Gasteiger partial charge in [0.05, 0.1) is 5.41 Å². The third-order valence-electron chi connectivity index (χ3n) is 6.20. The normalized spacial score (nSPS) is 16.7. The number of benzene rings is 3. The molecule has 1 fully saturated rings. The van der Waals surface area contributed by atoms with E-state index in [-0.39, 0.29) is 17.5 Å². The van der Waals surface area contributed by atoms with E-state index < -0.39 is 16.5 Å². The largest absolute Gasteiger partial charge is 0.768 e. The summed E-state index contributed by atoms with van der Waals surface area (Å²) in [4.78, 5) is 13.5. The van der Waals surface area contributed by atoms with Crippen LogP contribution in [0.3, 0.4) is 0 Å². The van der Waals surface area contributed by atoms with E-state index in [0.29, 0.717) is 12.2 Å². The predicted octanol–water partition coefficient (Wildman–Crippen LogP) is 4.47. The Labute approximate surface area is 183 Å². The molecule has 1 aliphatic heterocycles. The second-order valence-corrected chi connectivity index (χ2v) is 9.10. The van der Waals surface area contributed by atoms with Crippen LogP contribution < -0.4 is 9.47 Å².